The highest BCUT2D eigenvalue weighted by molar-refractivity contribution is 7.89. The average Bonchev–Trinajstić information content (AvgIpc) is 3.06. The summed E-state index contributed by atoms with van der Waals surface area (Å²) >= 11 is 0. The van der Waals surface area contributed by atoms with Gasteiger partial charge in [0.25, 0.3) is 10.0 Å². The Morgan fingerprint density at radius 3 is 2.83 bits per heavy atom. The van der Waals surface area contributed by atoms with Gasteiger partial charge in [0, 0.05) is 32.9 Å². The second-order valence-electron chi connectivity index (χ2n) is 6.20. The summed E-state index contributed by atoms with van der Waals surface area (Å²) in [7, 11) is -2.34. The average molecular weight is 340 g/mol. The zero-order valence-electron chi connectivity index (χ0n) is 13.8. The summed E-state index contributed by atoms with van der Waals surface area (Å²) in [5.74, 6) is 0.207. The molecule has 0 radical (unpaired) electrons. The predicted molar refractivity (Wildman–Crippen MR) is 87.2 cm³/mol. The number of carbonyl (C=O) groups is 1. The fourth-order valence-electron chi connectivity index (χ4n) is 2.71. The van der Waals surface area contributed by atoms with Gasteiger partial charge < -0.3 is 9.47 Å². The molecular weight excluding hydrogens is 316 g/mol. The van der Waals surface area contributed by atoms with Crippen LogP contribution in [0.15, 0.2) is 30.2 Å². The Balaban J connectivity index is 2.17. The number of nitrogens with zero attached hydrogens (tertiary/aromatic N) is 4. The third-order valence-corrected chi connectivity index (χ3v) is 5.64. The molecule has 1 saturated heterocycles. The van der Waals surface area contributed by atoms with Crippen LogP contribution < -0.4 is 0 Å². The molecular formula is C15H24N4O3S. The summed E-state index contributed by atoms with van der Waals surface area (Å²) in [5.41, 5.74) is 0. The van der Waals surface area contributed by atoms with Crippen LogP contribution >= 0.6 is 0 Å². The number of likely N-dealkylation sites (N-methyl/N-ethyl adjacent to an activating group) is 1. The molecule has 0 aliphatic carbocycles. The lowest BCUT2D eigenvalue weighted by molar-refractivity contribution is -0.130. The SMILES string of the molecule is C=CCN1CCC(N(C)S(=O)(=O)c2cn(CC(C)C)cn2)C1=O. The molecule has 7 nitrogen and oxygen atoms in total. The molecule has 1 aliphatic rings. The Labute approximate surface area is 137 Å². The van der Waals surface area contributed by atoms with Crippen LogP contribution in [0, 0.1) is 5.92 Å². The van der Waals surface area contributed by atoms with Gasteiger partial charge in [-0.15, -0.1) is 6.58 Å². The van der Waals surface area contributed by atoms with Gasteiger partial charge in [-0.2, -0.15) is 4.31 Å². The minimum absolute atomic E-state index is 0.0179. The first-order valence-electron chi connectivity index (χ1n) is 7.67. The van der Waals surface area contributed by atoms with Crippen molar-refractivity contribution in [3.8, 4) is 0 Å². The molecule has 1 aliphatic heterocycles. The lowest BCUT2D eigenvalue weighted by Gasteiger charge is -2.22. The van der Waals surface area contributed by atoms with Crippen LogP contribution in [0.5, 0.6) is 0 Å². The van der Waals surface area contributed by atoms with Gasteiger partial charge in [-0.1, -0.05) is 19.9 Å². The van der Waals surface area contributed by atoms with Gasteiger partial charge in [-0.05, 0) is 12.3 Å². The fourth-order valence-corrected chi connectivity index (χ4v) is 3.98. The molecule has 1 unspecified atom stereocenters. The predicted octanol–water partition coefficient (Wildman–Crippen LogP) is 0.946. The summed E-state index contributed by atoms with van der Waals surface area (Å²) in [4.78, 5) is 17.9. The van der Waals surface area contributed by atoms with E-state index < -0.39 is 16.1 Å². The highest BCUT2D eigenvalue weighted by Crippen LogP contribution is 2.22. The molecule has 1 fully saturated rings. The van der Waals surface area contributed by atoms with Crippen LogP contribution in [-0.2, 0) is 21.4 Å². The molecule has 0 saturated carbocycles. The Morgan fingerprint density at radius 2 is 2.22 bits per heavy atom. The van der Waals surface area contributed by atoms with Crippen molar-refractivity contribution in [1.82, 2.24) is 18.8 Å². The number of aromatic nitrogens is 2. The summed E-state index contributed by atoms with van der Waals surface area (Å²) in [5, 5.41) is -0.0179. The van der Waals surface area contributed by atoms with E-state index in [9.17, 15) is 13.2 Å². The van der Waals surface area contributed by atoms with Crippen molar-refractivity contribution in [3.05, 3.63) is 25.2 Å². The first kappa shape index (κ1) is 17.7. The van der Waals surface area contributed by atoms with Gasteiger partial charge in [0.15, 0.2) is 5.03 Å². The molecule has 128 valence electrons. The van der Waals surface area contributed by atoms with Gasteiger partial charge in [-0.3, -0.25) is 4.79 Å². The maximum Gasteiger partial charge on any atom is 0.262 e. The first-order chi connectivity index (χ1) is 10.8. The highest BCUT2D eigenvalue weighted by atomic mass is 32.2. The minimum Gasteiger partial charge on any atom is -0.338 e. The summed E-state index contributed by atoms with van der Waals surface area (Å²) in [6, 6.07) is -0.671. The van der Waals surface area contributed by atoms with E-state index in [2.05, 4.69) is 11.6 Å². The Kier molecular flexibility index (Phi) is 5.26. The monoisotopic (exact) mass is 340 g/mol. The van der Waals surface area contributed by atoms with Gasteiger partial charge >= 0.3 is 0 Å². The molecule has 2 heterocycles. The molecule has 1 atom stereocenters. The zero-order chi connectivity index (χ0) is 17.2. The van der Waals surface area contributed by atoms with Crippen LogP contribution in [-0.4, -0.2) is 59.3 Å². The smallest absolute Gasteiger partial charge is 0.262 e. The number of likely N-dealkylation sites (tertiary alicyclic amines) is 1. The van der Waals surface area contributed by atoms with Crippen molar-refractivity contribution in [2.24, 2.45) is 5.92 Å². The van der Waals surface area contributed by atoms with Crippen molar-refractivity contribution in [2.45, 2.75) is 37.9 Å². The van der Waals surface area contributed by atoms with Crippen molar-refractivity contribution >= 4 is 15.9 Å². The summed E-state index contributed by atoms with van der Waals surface area (Å²) < 4.78 is 28.3. The Bertz CT molecular complexity index is 681. The molecule has 2 rings (SSSR count). The van der Waals surface area contributed by atoms with E-state index in [4.69, 9.17) is 0 Å². The van der Waals surface area contributed by atoms with E-state index in [1.54, 1.807) is 15.5 Å². The third-order valence-electron chi connectivity index (χ3n) is 3.89. The van der Waals surface area contributed by atoms with Crippen molar-refractivity contribution in [2.75, 3.05) is 20.1 Å². The van der Waals surface area contributed by atoms with Gasteiger partial charge in [-0.25, -0.2) is 13.4 Å². The van der Waals surface area contributed by atoms with Crippen LogP contribution in [0.3, 0.4) is 0 Å². The number of hydrogen-bond donors (Lipinski definition) is 0. The van der Waals surface area contributed by atoms with Gasteiger partial charge in [0.2, 0.25) is 5.91 Å². The quantitative estimate of drug-likeness (QED) is 0.693. The largest absolute Gasteiger partial charge is 0.338 e. The fraction of sp³-hybridized carbons (Fsp3) is 0.600. The standard InChI is InChI=1S/C15H24N4O3S/c1-5-7-19-8-6-13(15(19)20)17(4)23(21,22)14-10-18(11-16-14)9-12(2)3/h5,10-13H,1,6-9H2,2-4H3. The van der Waals surface area contributed by atoms with Gasteiger partial charge in [0.1, 0.15) is 6.04 Å². The van der Waals surface area contributed by atoms with Gasteiger partial charge in [0.05, 0.1) is 6.33 Å². The maximum absolute atomic E-state index is 12.7. The van der Waals surface area contributed by atoms with E-state index >= 15 is 0 Å². The molecule has 0 aromatic carbocycles. The van der Waals surface area contributed by atoms with Crippen molar-refractivity contribution < 1.29 is 13.2 Å². The molecule has 0 N–H and O–H groups in total. The second-order valence-corrected chi connectivity index (χ2v) is 8.15. The zero-order valence-corrected chi connectivity index (χ0v) is 14.7. The van der Waals surface area contributed by atoms with Crippen LogP contribution in [0.2, 0.25) is 0 Å². The Morgan fingerprint density at radius 1 is 1.52 bits per heavy atom. The number of rotatable bonds is 7. The van der Waals surface area contributed by atoms with Crippen molar-refractivity contribution in [3.63, 3.8) is 0 Å². The third kappa shape index (κ3) is 3.64. The highest BCUT2D eigenvalue weighted by Gasteiger charge is 2.40. The Hall–Kier alpha value is -1.67. The van der Waals surface area contributed by atoms with Crippen LogP contribution in [0.25, 0.3) is 0 Å². The molecule has 1 aromatic rings. The summed E-state index contributed by atoms with van der Waals surface area (Å²) in [6.45, 7) is 9.38. The first-order valence-corrected chi connectivity index (χ1v) is 9.11. The number of hydrogen-bond acceptors (Lipinski definition) is 4. The molecule has 23 heavy (non-hydrogen) atoms. The maximum atomic E-state index is 12.7. The molecule has 0 bridgehead atoms. The van der Waals surface area contributed by atoms with Crippen LogP contribution in [0.1, 0.15) is 20.3 Å². The number of sulfonamides is 1. The van der Waals surface area contributed by atoms with E-state index in [-0.39, 0.29) is 10.9 Å². The van der Waals surface area contributed by atoms with E-state index in [0.29, 0.717) is 32.0 Å². The number of imidazole rings is 1. The topological polar surface area (TPSA) is 75.5 Å². The van der Waals surface area contributed by atoms with E-state index in [1.165, 1.54) is 19.6 Å². The lowest BCUT2D eigenvalue weighted by Crippen LogP contribution is -2.42. The lowest BCUT2D eigenvalue weighted by atomic mass is 10.2. The number of amides is 1. The molecule has 0 spiro atoms. The normalized spacial score (nSPS) is 19.1. The minimum atomic E-state index is -3.78. The molecule has 1 aromatic heterocycles. The van der Waals surface area contributed by atoms with E-state index in [0.717, 1.165) is 4.31 Å². The second kappa shape index (κ2) is 6.84. The van der Waals surface area contributed by atoms with Crippen LogP contribution in [0.4, 0.5) is 0 Å². The molecule has 8 heteroatoms. The number of carbonyl (C=O) groups excluding carboxylic acids is 1. The van der Waals surface area contributed by atoms with Crippen molar-refractivity contribution in [1.29, 1.82) is 0 Å². The van der Waals surface area contributed by atoms with E-state index in [1.807, 2.05) is 13.8 Å². The summed E-state index contributed by atoms with van der Waals surface area (Å²) in [6.07, 6.45) is 5.16. The molecule has 1 amide bonds.